The number of alkyl halides is 3. The molecule has 1 saturated heterocycles. The lowest BCUT2D eigenvalue weighted by molar-refractivity contribution is -0.142. The van der Waals surface area contributed by atoms with Crippen LogP contribution in [-0.2, 0) is 16.0 Å². The first-order chi connectivity index (χ1) is 13.6. The first kappa shape index (κ1) is 25.2. The molecule has 0 bridgehead atoms. The van der Waals surface area contributed by atoms with E-state index in [1.165, 1.54) is 44.5 Å². The van der Waals surface area contributed by atoms with Gasteiger partial charge in [0.2, 0.25) is 5.91 Å². The molecule has 29 heavy (non-hydrogen) atoms. The van der Waals surface area contributed by atoms with Gasteiger partial charge in [0.25, 0.3) is 0 Å². The summed E-state index contributed by atoms with van der Waals surface area (Å²) in [5, 5.41) is 14.4. The normalized spacial score (nSPS) is 14.7. The number of piperidine rings is 1. The van der Waals surface area contributed by atoms with Crippen molar-refractivity contribution in [3.8, 4) is 0 Å². The van der Waals surface area contributed by atoms with Gasteiger partial charge in [0.15, 0.2) is 0 Å². The minimum Gasteiger partial charge on any atom is -0.481 e. The summed E-state index contributed by atoms with van der Waals surface area (Å²) in [7, 11) is 0. The molecule has 0 aromatic heterocycles. The van der Waals surface area contributed by atoms with E-state index in [0.717, 1.165) is 5.92 Å². The van der Waals surface area contributed by atoms with Crippen LogP contribution in [0.3, 0.4) is 0 Å². The maximum absolute atomic E-state index is 12.0. The zero-order chi connectivity index (χ0) is 21.9. The van der Waals surface area contributed by atoms with Crippen LogP contribution in [0, 0.1) is 5.92 Å². The van der Waals surface area contributed by atoms with Gasteiger partial charge in [0.1, 0.15) is 0 Å². The third kappa shape index (κ3) is 11.7. The van der Waals surface area contributed by atoms with Gasteiger partial charge < -0.3 is 15.7 Å². The highest BCUT2D eigenvalue weighted by molar-refractivity contribution is 6.33. The van der Waals surface area contributed by atoms with Crippen LogP contribution in [0.15, 0.2) is 18.2 Å². The first-order valence-corrected chi connectivity index (χ1v) is 10.1. The Morgan fingerprint density at radius 3 is 2.41 bits per heavy atom. The van der Waals surface area contributed by atoms with Gasteiger partial charge >= 0.3 is 12.1 Å². The van der Waals surface area contributed by atoms with Gasteiger partial charge in [-0.2, -0.15) is 13.2 Å². The number of aliphatic carboxylic acids is 1. The second kappa shape index (κ2) is 12.7. The van der Waals surface area contributed by atoms with Crippen molar-refractivity contribution in [2.45, 2.75) is 58.0 Å². The number of carboxylic acids is 1. The quantitative estimate of drug-likeness (QED) is 0.560. The minimum absolute atomic E-state index is 0.0942. The second-order valence-electron chi connectivity index (χ2n) is 6.97. The second-order valence-corrected chi connectivity index (χ2v) is 7.38. The van der Waals surface area contributed by atoms with Crippen molar-refractivity contribution < 1.29 is 27.9 Å². The highest BCUT2D eigenvalue weighted by Gasteiger charge is 2.28. The zero-order valence-electron chi connectivity index (χ0n) is 16.4. The van der Waals surface area contributed by atoms with Crippen LogP contribution >= 0.6 is 11.6 Å². The van der Waals surface area contributed by atoms with Gasteiger partial charge in [-0.25, -0.2) is 0 Å². The number of carbonyl (C=O) groups excluding carboxylic acids is 1. The SMILES string of the molecule is CCC1CCNCC1.O=C(O)CCc1ccc(Cl)c(NC(=O)CCC(F)(F)F)c1. The smallest absolute Gasteiger partial charge is 0.389 e. The van der Waals surface area contributed by atoms with E-state index >= 15 is 0 Å². The molecule has 1 fully saturated rings. The molecule has 3 N–H and O–H groups in total. The summed E-state index contributed by atoms with van der Waals surface area (Å²) >= 11 is 5.84. The van der Waals surface area contributed by atoms with Crippen molar-refractivity contribution >= 4 is 29.2 Å². The van der Waals surface area contributed by atoms with E-state index in [1.54, 1.807) is 6.07 Å². The lowest BCUT2D eigenvalue weighted by Gasteiger charge is -2.20. The number of aryl methyl sites for hydroxylation is 1. The zero-order valence-corrected chi connectivity index (χ0v) is 17.2. The standard InChI is InChI=1S/C13H13ClF3NO3.C7H15N/c14-9-3-1-8(2-4-12(20)21)7-10(9)18-11(19)5-6-13(15,16)17;1-2-7-3-5-8-6-4-7/h1,3,7H,2,4-6H2,(H,18,19)(H,20,21);7-8H,2-6H2,1H3. The number of carboxylic acid groups (broad SMARTS) is 1. The molecule has 1 amide bonds. The predicted octanol–water partition coefficient (Wildman–Crippen LogP) is 5.03. The molecule has 1 aliphatic rings. The monoisotopic (exact) mass is 436 g/mol. The molecule has 0 aliphatic carbocycles. The Hall–Kier alpha value is -1.80. The predicted molar refractivity (Wildman–Crippen MR) is 107 cm³/mol. The average Bonchev–Trinajstić information content (AvgIpc) is 2.67. The highest BCUT2D eigenvalue weighted by atomic mass is 35.5. The Morgan fingerprint density at radius 2 is 1.90 bits per heavy atom. The molecule has 1 aromatic carbocycles. The van der Waals surface area contributed by atoms with E-state index < -0.39 is 30.9 Å². The van der Waals surface area contributed by atoms with Crippen molar-refractivity contribution in [2.24, 2.45) is 5.92 Å². The summed E-state index contributed by atoms with van der Waals surface area (Å²) in [6, 6.07) is 4.51. The van der Waals surface area contributed by atoms with Gasteiger partial charge in [0, 0.05) is 12.8 Å². The molecule has 5 nitrogen and oxygen atoms in total. The van der Waals surface area contributed by atoms with Gasteiger partial charge in [-0.15, -0.1) is 0 Å². The number of hydrogen-bond donors (Lipinski definition) is 3. The molecule has 1 heterocycles. The van der Waals surface area contributed by atoms with E-state index in [0.29, 0.717) is 5.56 Å². The summed E-state index contributed by atoms with van der Waals surface area (Å²) in [5.74, 6) is -0.749. The van der Waals surface area contributed by atoms with Crippen LogP contribution in [0.5, 0.6) is 0 Å². The number of halogens is 4. The maximum atomic E-state index is 12.0. The van der Waals surface area contributed by atoms with Crippen LogP contribution in [0.2, 0.25) is 5.02 Å². The summed E-state index contributed by atoms with van der Waals surface area (Å²) in [5.41, 5.74) is 0.791. The van der Waals surface area contributed by atoms with E-state index in [-0.39, 0.29) is 23.6 Å². The fourth-order valence-electron chi connectivity index (χ4n) is 2.83. The van der Waals surface area contributed by atoms with Crippen molar-refractivity contribution in [3.05, 3.63) is 28.8 Å². The number of carbonyl (C=O) groups is 2. The fourth-order valence-corrected chi connectivity index (χ4v) is 3.00. The number of nitrogens with one attached hydrogen (secondary N) is 2. The number of amides is 1. The molecular weight excluding hydrogens is 409 g/mol. The van der Waals surface area contributed by atoms with E-state index in [2.05, 4.69) is 17.6 Å². The van der Waals surface area contributed by atoms with E-state index in [4.69, 9.17) is 16.7 Å². The summed E-state index contributed by atoms with van der Waals surface area (Å²) in [4.78, 5) is 21.9. The molecule has 0 radical (unpaired) electrons. The van der Waals surface area contributed by atoms with Crippen LogP contribution < -0.4 is 10.6 Å². The number of anilines is 1. The van der Waals surface area contributed by atoms with E-state index in [9.17, 15) is 22.8 Å². The Morgan fingerprint density at radius 1 is 1.24 bits per heavy atom. The molecule has 2 rings (SSSR count). The van der Waals surface area contributed by atoms with Crippen LogP contribution in [-0.4, -0.2) is 36.2 Å². The topological polar surface area (TPSA) is 78.4 Å². The number of hydrogen-bond acceptors (Lipinski definition) is 3. The lowest BCUT2D eigenvalue weighted by Crippen LogP contribution is -2.27. The van der Waals surface area contributed by atoms with E-state index in [1.807, 2.05) is 0 Å². The van der Waals surface area contributed by atoms with Crippen molar-refractivity contribution in [1.82, 2.24) is 5.32 Å². The van der Waals surface area contributed by atoms with Crippen LogP contribution in [0.4, 0.5) is 18.9 Å². The highest BCUT2D eigenvalue weighted by Crippen LogP contribution is 2.25. The van der Waals surface area contributed by atoms with Gasteiger partial charge in [-0.3, -0.25) is 9.59 Å². The molecule has 9 heteroatoms. The summed E-state index contributed by atoms with van der Waals surface area (Å²) < 4.78 is 36.0. The van der Waals surface area contributed by atoms with Crippen molar-refractivity contribution in [3.63, 3.8) is 0 Å². The molecule has 0 unspecified atom stereocenters. The van der Waals surface area contributed by atoms with Gasteiger partial charge in [-0.1, -0.05) is 31.0 Å². The number of rotatable bonds is 7. The maximum Gasteiger partial charge on any atom is 0.389 e. The third-order valence-electron chi connectivity index (χ3n) is 4.60. The van der Waals surface area contributed by atoms with Crippen molar-refractivity contribution in [2.75, 3.05) is 18.4 Å². The average molecular weight is 437 g/mol. The van der Waals surface area contributed by atoms with Gasteiger partial charge in [0.05, 0.1) is 17.1 Å². The molecular formula is C20H28ClF3N2O3. The molecule has 1 aromatic rings. The fraction of sp³-hybridized carbons (Fsp3) is 0.600. The Balaban J connectivity index is 0.000000436. The van der Waals surface area contributed by atoms with Crippen LogP contribution in [0.25, 0.3) is 0 Å². The Kier molecular flexibility index (Phi) is 11.0. The largest absolute Gasteiger partial charge is 0.481 e. The molecule has 164 valence electrons. The first-order valence-electron chi connectivity index (χ1n) is 9.68. The molecule has 0 spiro atoms. The molecule has 1 aliphatic heterocycles. The lowest BCUT2D eigenvalue weighted by atomic mass is 9.96. The van der Waals surface area contributed by atoms with Crippen LogP contribution in [0.1, 0.15) is 51.0 Å². The Bertz CT molecular complexity index is 663. The third-order valence-corrected chi connectivity index (χ3v) is 4.93. The Labute approximate surface area is 174 Å². The minimum atomic E-state index is -4.40. The number of benzene rings is 1. The summed E-state index contributed by atoms with van der Waals surface area (Å²) in [6.45, 7) is 4.78. The molecule has 0 saturated carbocycles. The van der Waals surface area contributed by atoms with Crippen molar-refractivity contribution in [1.29, 1.82) is 0 Å². The van der Waals surface area contributed by atoms with Gasteiger partial charge in [-0.05, 0) is 56.0 Å². The molecule has 0 atom stereocenters. The summed E-state index contributed by atoms with van der Waals surface area (Å²) in [6.07, 6.45) is -1.99.